The van der Waals surface area contributed by atoms with Crippen molar-refractivity contribution >= 4 is 11.6 Å². The van der Waals surface area contributed by atoms with E-state index in [1.54, 1.807) is 14.0 Å². The Balaban J connectivity index is 2.53. The van der Waals surface area contributed by atoms with Crippen molar-refractivity contribution in [2.75, 3.05) is 20.7 Å². The summed E-state index contributed by atoms with van der Waals surface area (Å²) in [5, 5.41) is 9.85. The first-order valence-electron chi connectivity index (χ1n) is 5.72. The minimum Gasteiger partial charge on any atom is -0.495 e. The van der Waals surface area contributed by atoms with Gasteiger partial charge in [-0.2, -0.15) is 0 Å². The molecule has 0 unspecified atom stereocenters. The Hall–Kier alpha value is -0.770. The molecule has 1 rings (SSSR count). The highest BCUT2D eigenvalue weighted by Gasteiger charge is 2.05. The zero-order valence-electron chi connectivity index (χ0n) is 10.6. The Kier molecular flexibility index (Phi) is 5.75. The van der Waals surface area contributed by atoms with Gasteiger partial charge in [0, 0.05) is 13.1 Å². The Morgan fingerprint density at radius 2 is 2.18 bits per heavy atom. The molecule has 0 aliphatic heterocycles. The summed E-state index contributed by atoms with van der Waals surface area (Å²) in [4.78, 5) is 2.16. The summed E-state index contributed by atoms with van der Waals surface area (Å²) in [5.74, 6) is 0.696. The van der Waals surface area contributed by atoms with Gasteiger partial charge in [-0.3, -0.25) is 0 Å². The van der Waals surface area contributed by atoms with E-state index in [4.69, 9.17) is 16.3 Å². The smallest absolute Gasteiger partial charge is 0.137 e. The summed E-state index contributed by atoms with van der Waals surface area (Å²) in [6, 6.07) is 5.79. The fourth-order valence-electron chi connectivity index (χ4n) is 1.61. The fraction of sp³-hybridized carbons (Fsp3) is 0.538. The van der Waals surface area contributed by atoms with Crippen molar-refractivity contribution in [2.24, 2.45) is 0 Å². The number of aliphatic hydroxyl groups is 1. The number of rotatable bonds is 6. The lowest BCUT2D eigenvalue weighted by Gasteiger charge is -2.18. The Morgan fingerprint density at radius 3 is 2.71 bits per heavy atom. The summed E-state index contributed by atoms with van der Waals surface area (Å²) in [6.07, 6.45) is 0.525. The number of ether oxygens (including phenoxy) is 1. The SMILES string of the molecule is COc1ccc(CN(C)CC[C@@H](C)O)cc1Cl. The molecule has 0 aromatic heterocycles. The van der Waals surface area contributed by atoms with Gasteiger partial charge in [0.1, 0.15) is 5.75 Å². The minimum absolute atomic E-state index is 0.253. The topological polar surface area (TPSA) is 32.7 Å². The van der Waals surface area contributed by atoms with E-state index in [0.29, 0.717) is 10.8 Å². The van der Waals surface area contributed by atoms with Gasteiger partial charge in [0.25, 0.3) is 0 Å². The highest BCUT2D eigenvalue weighted by molar-refractivity contribution is 6.32. The highest BCUT2D eigenvalue weighted by Crippen LogP contribution is 2.25. The predicted octanol–water partition coefficient (Wildman–Crippen LogP) is 2.55. The lowest BCUT2D eigenvalue weighted by atomic mass is 10.2. The van der Waals surface area contributed by atoms with Crippen LogP contribution in [0.5, 0.6) is 5.75 Å². The Labute approximate surface area is 108 Å². The molecule has 1 aromatic carbocycles. The molecule has 0 fully saturated rings. The molecule has 1 aromatic rings. The zero-order chi connectivity index (χ0) is 12.8. The average Bonchev–Trinajstić information content (AvgIpc) is 2.26. The van der Waals surface area contributed by atoms with Crippen LogP contribution < -0.4 is 4.74 Å². The molecule has 0 aliphatic rings. The second-order valence-electron chi connectivity index (χ2n) is 4.34. The maximum absolute atomic E-state index is 9.22. The number of benzene rings is 1. The van der Waals surface area contributed by atoms with Crippen molar-refractivity contribution in [3.63, 3.8) is 0 Å². The van der Waals surface area contributed by atoms with Gasteiger partial charge in [0.05, 0.1) is 18.2 Å². The van der Waals surface area contributed by atoms with Crippen LogP contribution in [0.25, 0.3) is 0 Å². The molecule has 96 valence electrons. The number of aliphatic hydroxyl groups excluding tert-OH is 1. The number of halogens is 1. The third kappa shape index (κ3) is 4.94. The van der Waals surface area contributed by atoms with Crippen molar-refractivity contribution in [1.82, 2.24) is 4.90 Å². The predicted molar refractivity (Wildman–Crippen MR) is 70.6 cm³/mol. The number of hydrogen-bond donors (Lipinski definition) is 1. The van der Waals surface area contributed by atoms with Gasteiger partial charge in [-0.15, -0.1) is 0 Å². The second-order valence-corrected chi connectivity index (χ2v) is 4.75. The Morgan fingerprint density at radius 1 is 1.47 bits per heavy atom. The summed E-state index contributed by atoms with van der Waals surface area (Å²) < 4.78 is 5.11. The first-order chi connectivity index (χ1) is 8.02. The summed E-state index contributed by atoms with van der Waals surface area (Å²) >= 11 is 6.06. The molecule has 0 amide bonds. The van der Waals surface area contributed by atoms with Crippen LogP contribution in [0.15, 0.2) is 18.2 Å². The van der Waals surface area contributed by atoms with Gasteiger partial charge in [-0.25, -0.2) is 0 Å². The molecule has 4 heteroatoms. The van der Waals surface area contributed by atoms with Crippen LogP contribution in [-0.2, 0) is 6.54 Å². The molecule has 0 saturated carbocycles. The van der Waals surface area contributed by atoms with Crippen molar-refractivity contribution in [3.05, 3.63) is 28.8 Å². The van der Waals surface area contributed by atoms with Gasteiger partial charge >= 0.3 is 0 Å². The first-order valence-corrected chi connectivity index (χ1v) is 6.09. The van der Waals surface area contributed by atoms with E-state index < -0.39 is 0 Å². The van der Waals surface area contributed by atoms with Crippen LogP contribution in [0.3, 0.4) is 0 Å². The van der Waals surface area contributed by atoms with E-state index >= 15 is 0 Å². The average molecular weight is 258 g/mol. The van der Waals surface area contributed by atoms with Crippen LogP contribution >= 0.6 is 11.6 Å². The molecule has 1 N–H and O–H groups in total. The quantitative estimate of drug-likeness (QED) is 0.850. The molecule has 3 nitrogen and oxygen atoms in total. The molecule has 0 aliphatic carbocycles. The molecule has 0 bridgehead atoms. The van der Waals surface area contributed by atoms with Gasteiger partial charge in [0.2, 0.25) is 0 Å². The van der Waals surface area contributed by atoms with Gasteiger partial charge in [-0.1, -0.05) is 17.7 Å². The molecule has 0 heterocycles. The summed E-state index contributed by atoms with van der Waals surface area (Å²) in [6.45, 7) is 3.48. The van der Waals surface area contributed by atoms with Crippen molar-refractivity contribution in [3.8, 4) is 5.75 Å². The van der Waals surface area contributed by atoms with E-state index in [1.165, 1.54) is 0 Å². The maximum atomic E-state index is 9.22. The number of methoxy groups -OCH3 is 1. The molecule has 17 heavy (non-hydrogen) atoms. The van der Waals surface area contributed by atoms with Crippen molar-refractivity contribution in [2.45, 2.75) is 26.0 Å². The molecular formula is C13H20ClNO2. The first kappa shape index (κ1) is 14.3. The molecule has 0 saturated heterocycles. The standard InChI is InChI=1S/C13H20ClNO2/c1-10(16)6-7-15(2)9-11-4-5-13(17-3)12(14)8-11/h4-5,8,10,16H,6-7,9H2,1-3H3/t10-/m1/s1. The summed E-state index contributed by atoms with van der Waals surface area (Å²) in [7, 11) is 3.64. The molecule has 1 atom stereocenters. The van der Waals surface area contributed by atoms with E-state index in [1.807, 2.05) is 25.2 Å². The van der Waals surface area contributed by atoms with Gasteiger partial charge in [0.15, 0.2) is 0 Å². The lowest BCUT2D eigenvalue weighted by Crippen LogP contribution is -2.22. The summed E-state index contributed by atoms with van der Waals surface area (Å²) in [5.41, 5.74) is 1.14. The van der Waals surface area contributed by atoms with Crippen molar-refractivity contribution < 1.29 is 9.84 Å². The highest BCUT2D eigenvalue weighted by atomic mass is 35.5. The zero-order valence-corrected chi connectivity index (χ0v) is 11.4. The number of nitrogens with zero attached hydrogens (tertiary/aromatic N) is 1. The minimum atomic E-state index is -0.253. The monoisotopic (exact) mass is 257 g/mol. The van der Waals surface area contributed by atoms with Gasteiger partial charge in [-0.05, 0) is 38.1 Å². The van der Waals surface area contributed by atoms with Crippen LogP contribution in [-0.4, -0.2) is 36.8 Å². The normalized spacial score (nSPS) is 12.8. The maximum Gasteiger partial charge on any atom is 0.137 e. The van der Waals surface area contributed by atoms with Crippen LogP contribution in [0.2, 0.25) is 5.02 Å². The van der Waals surface area contributed by atoms with Gasteiger partial charge < -0.3 is 14.7 Å². The third-order valence-electron chi connectivity index (χ3n) is 2.60. The second kappa shape index (κ2) is 6.84. The van der Waals surface area contributed by atoms with E-state index in [9.17, 15) is 5.11 Å². The van der Waals surface area contributed by atoms with Crippen LogP contribution in [0.4, 0.5) is 0 Å². The molecule has 0 spiro atoms. The van der Waals surface area contributed by atoms with E-state index in [2.05, 4.69) is 4.90 Å². The molecular weight excluding hydrogens is 238 g/mol. The van der Waals surface area contributed by atoms with E-state index in [-0.39, 0.29) is 6.10 Å². The third-order valence-corrected chi connectivity index (χ3v) is 2.89. The van der Waals surface area contributed by atoms with E-state index in [0.717, 1.165) is 25.1 Å². The number of hydrogen-bond acceptors (Lipinski definition) is 3. The Bertz CT molecular complexity index is 355. The fourth-order valence-corrected chi connectivity index (χ4v) is 1.89. The molecule has 0 radical (unpaired) electrons. The van der Waals surface area contributed by atoms with Crippen molar-refractivity contribution in [1.29, 1.82) is 0 Å². The lowest BCUT2D eigenvalue weighted by molar-refractivity contribution is 0.163. The van der Waals surface area contributed by atoms with Crippen LogP contribution in [0, 0.1) is 0 Å². The van der Waals surface area contributed by atoms with Crippen LogP contribution in [0.1, 0.15) is 18.9 Å². The largest absolute Gasteiger partial charge is 0.495 e.